The van der Waals surface area contributed by atoms with E-state index < -0.39 is 0 Å². The Balaban J connectivity index is 1.65. The highest BCUT2D eigenvalue weighted by Crippen LogP contribution is 2.19. The molecule has 1 atom stereocenters. The summed E-state index contributed by atoms with van der Waals surface area (Å²) in [5.41, 5.74) is 1.63. The van der Waals surface area contributed by atoms with Crippen LogP contribution >= 0.6 is 0 Å². The zero-order valence-electron chi connectivity index (χ0n) is 13.2. The fraction of sp³-hybridized carbons (Fsp3) is 0.333. The second-order valence-corrected chi connectivity index (χ2v) is 6.18. The van der Waals surface area contributed by atoms with Gasteiger partial charge in [-0.2, -0.15) is 5.10 Å². The van der Waals surface area contributed by atoms with Crippen molar-refractivity contribution in [3.8, 4) is 5.82 Å². The van der Waals surface area contributed by atoms with Gasteiger partial charge in [-0.25, -0.2) is 4.68 Å². The molecule has 1 saturated heterocycles. The Bertz CT molecular complexity index is 847. The van der Waals surface area contributed by atoms with E-state index in [4.69, 9.17) is 0 Å². The minimum atomic E-state index is 0.0387. The van der Waals surface area contributed by atoms with Crippen LogP contribution in [0, 0.1) is 0 Å². The van der Waals surface area contributed by atoms with Crippen LogP contribution in [-0.2, 0) is 0 Å². The van der Waals surface area contributed by atoms with Crippen molar-refractivity contribution in [2.75, 3.05) is 6.54 Å². The Hall–Kier alpha value is -2.56. The van der Waals surface area contributed by atoms with Crippen LogP contribution in [0.25, 0.3) is 11.3 Å². The highest BCUT2D eigenvalue weighted by molar-refractivity contribution is 5.92. The number of fused-ring (bicyclic) bond motifs is 1. The summed E-state index contributed by atoms with van der Waals surface area (Å²) in [4.78, 5) is 14.7. The van der Waals surface area contributed by atoms with Gasteiger partial charge in [-0.1, -0.05) is 6.07 Å². The molecule has 0 aromatic carbocycles. The molecule has 118 valence electrons. The molecular formula is C18H20N4O. The molecular weight excluding hydrogens is 288 g/mol. The van der Waals surface area contributed by atoms with Crippen LogP contribution in [0.1, 0.15) is 36.7 Å². The van der Waals surface area contributed by atoms with Crippen LogP contribution < -0.4 is 0 Å². The van der Waals surface area contributed by atoms with Crippen LogP contribution in [0.3, 0.4) is 0 Å². The normalized spacial score (nSPS) is 18.5. The van der Waals surface area contributed by atoms with Crippen molar-refractivity contribution in [2.45, 2.75) is 32.2 Å². The Morgan fingerprint density at radius 2 is 2.04 bits per heavy atom. The maximum absolute atomic E-state index is 12.7. The van der Waals surface area contributed by atoms with Gasteiger partial charge in [0.1, 0.15) is 5.82 Å². The molecule has 5 nitrogen and oxygen atoms in total. The van der Waals surface area contributed by atoms with E-state index in [1.807, 2.05) is 47.6 Å². The van der Waals surface area contributed by atoms with Crippen molar-refractivity contribution >= 4 is 11.4 Å². The van der Waals surface area contributed by atoms with E-state index >= 15 is 0 Å². The summed E-state index contributed by atoms with van der Waals surface area (Å²) < 4.78 is 3.83. The lowest BCUT2D eigenvalue weighted by atomic mass is 10.0. The average Bonchev–Trinajstić information content (AvgIpc) is 3.21. The number of carbonyl (C=O) groups excluding carboxylic acids is 1. The largest absolute Gasteiger partial charge is 0.335 e. The molecule has 23 heavy (non-hydrogen) atoms. The molecule has 3 aromatic rings. The van der Waals surface area contributed by atoms with Gasteiger partial charge in [0.05, 0.1) is 0 Å². The third-order valence-corrected chi connectivity index (χ3v) is 4.65. The third-order valence-electron chi connectivity index (χ3n) is 4.65. The van der Waals surface area contributed by atoms with E-state index in [-0.39, 0.29) is 5.91 Å². The van der Waals surface area contributed by atoms with Gasteiger partial charge in [0.25, 0.3) is 5.91 Å². The van der Waals surface area contributed by atoms with E-state index in [0.717, 1.165) is 30.7 Å². The van der Waals surface area contributed by atoms with Gasteiger partial charge < -0.3 is 9.30 Å². The molecule has 0 saturated carbocycles. The van der Waals surface area contributed by atoms with Gasteiger partial charge in [-0.15, -0.1) is 0 Å². The quantitative estimate of drug-likeness (QED) is 0.730. The van der Waals surface area contributed by atoms with Gasteiger partial charge in [0, 0.05) is 30.5 Å². The zero-order chi connectivity index (χ0) is 15.8. The van der Waals surface area contributed by atoms with Crippen molar-refractivity contribution in [3.05, 3.63) is 54.5 Å². The van der Waals surface area contributed by atoms with Crippen molar-refractivity contribution in [3.63, 3.8) is 0 Å². The molecule has 1 aliphatic rings. The van der Waals surface area contributed by atoms with E-state index in [0.29, 0.717) is 11.7 Å². The van der Waals surface area contributed by atoms with Crippen LogP contribution in [0.4, 0.5) is 0 Å². The standard InChI is InChI=1S/C18H20N4O/c1-14-6-2-4-11-20(14)18(23)16-10-13-22(19-16)17-9-8-15-7-3-5-12-21(15)17/h3,5,7-10,12-14H,2,4,6,11H2,1H3. The lowest BCUT2D eigenvalue weighted by Gasteiger charge is -2.32. The Morgan fingerprint density at radius 1 is 1.13 bits per heavy atom. The summed E-state index contributed by atoms with van der Waals surface area (Å²) >= 11 is 0. The monoisotopic (exact) mass is 308 g/mol. The fourth-order valence-electron chi connectivity index (χ4n) is 3.34. The highest BCUT2D eigenvalue weighted by atomic mass is 16.2. The smallest absolute Gasteiger partial charge is 0.274 e. The summed E-state index contributed by atoms with van der Waals surface area (Å²) in [6.07, 6.45) is 7.22. The van der Waals surface area contributed by atoms with Gasteiger partial charge >= 0.3 is 0 Å². The van der Waals surface area contributed by atoms with Crippen molar-refractivity contribution in [2.24, 2.45) is 0 Å². The Labute approximate surface area is 135 Å². The number of carbonyl (C=O) groups is 1. The predicted octanol–water partition coefficient (Wildman–Crippen LogP) is 3.14. The summed E-state index contributed by atoms with van der Waals surface area (Å²) in [6, 6.07) is 12.2. The van der Waals surface area contributed by atoms with Crippen molar-refractivity contribution in [1.82, 2.24) is 19.1 Å². The molecule has 0 aliphatic carbocycles. The second-order valence-electron chi connectivity index (χ2n) is 6.18. The molecule has 0 bridgehead atoms. The third kappa shape index (κ3) is 2.42. The first-order valence-electron chi connectivity index (χ1n) is 8.17. The number of hydrogen-bond donors (Lipinski definition) is 0. The highest BCUT2D eigenvalue weighted by Gasteiger charge is 2.25. The number of likely N-dealkylation sites (tertiary alicyclic amines) is 1. The first-order valence-corrected chi connectivity index (χ1v) is 8.17. The van der Waals surface area contributed by atoms with Gasteiger partial charge in [0.15, 0.2) is 5.69 Å². The lowest BCUT2D eigenvalue weighted by Crippen LogP contribution is -2.42. The van der Waals surface area contributed by atoms with Gasteiger partial charge in [-0.3, -0.25) is 4.79 Å². The van der Waals surface area contributed by atoms with Crippen LogP contribution in [0.2, 0.25) is 0 Å². The SMILES string of the molecule is CC1CCCCN1C(=O)c1ccn(-c2ccc3ccccn23)n1. The maximum atomic E-state index is 12.7. The van der Waals surface area contributed by atoms with E-state index in [1.54, 1.807) is 4.68 Å². The molecule has 0 spiro atoms. The molecule has 4 rings (SSSR count). The number of nitrogens with zero attached hydrogens (tertiary/aromatic N) is 4. The Morgan fingerprint density at radius 3 is 2.91 bits per heavy atom. The molecule has 1 fully saturated rings. The first kappa shape index (κ1) is 14.1. The number of pyridine rings is 1. The van der Waals surface area contributed by atoms with E-state index in [1.165, 1.54) is 6.42 Å². The topological polar surface area (TPSA) is 42.5 Å². The molecule has 1 unspecified atom stereocenters. The first-order chi connectivity index (χ1) is 11.2. The number of amides is 1. The molecule has 3 aromatic heterocycles. The zero-order valence-corrected chi connectivity index (χ0v) is 13.2. The molecule has 4 heterocycles. The number of rotatable bonds is 2. The van der Waals surface area contributed by atoms with Crippen LogP contribution in [0.15, 0.2) is 48.8 Å². The minimum absolute atomic E-state index is 0.0387. The van der Waals surface area contributed by atoms with E-state index in [2.05, 4.69) is 22.5 Å². The predicted molar refractivity (Wildman–Crippen MR) is 88.9 cm³/mol. The van der Waals surface area contributed by atoms with E-state index in [9.17, 15) is 4.79 Å². The maximum Gasteiger partial charge on any atom is 0.274 e. The summed E-state index contributed by atoms with van der Waals surface area (Å²) in [5.74, 6) is 0.975. The molecule has 1 aliphatic heterocycles. The molecule has 0 N–H and O–H groups in total. The van der Waals surface area contributed by atoms with Crippen molar-refractivity contribution < 1.29 is 4.79 Å². The van der Waals surface area contributed by atoms with Gasteiger partial charge in [0.2, 0.25) is 0 Å². The van der Waals surface area contributed by atoms with Crippen LogP contribution in [0.5, 0.6) is 0 Å². The molecule has 0 radical (unpaired) electrons. The number of hydrogen-bond acceptors (Lipinski definition) is 2. The minimum Gasteiger partial charge on any atom is -0.335 e. The lowest BCUT2D eigenvalue weighted by molar-refractivity contribution is 0.0629. The van der Waals surface area contributed by atoms with Crippen LogP contribution in [-0.4, -0.2) is 37.6 Å². The molecule has 5 heteroatoms. The average molecular weight is 308 g/mol. The van der Waals surface area contributed by atoms with Crippen molar-refractivity contribution in [1.29, 1.82) is 0 Å². The fourth-order valence-corrected chi connectivity index (χ4v) is 3.34. The van der Waals surface area contributed by atoms with Gasteiger partial charge in [-0.05, 0) is 56.5 Å². The molecule has 1 amide bonds. The summed E-state index contributed by atoms with van der Waals surface area (Å²) in [5, 5.41) is 4.52. The Kier molecular flexibility index (Phi) is 3.41. The summed E-state index contributed by atoms with van der Waals surface area (Å²) in [6.45, 7) is 2.95. The second kappa shape index (κ2) is 5.57. The number of aromatic nitrogens is 3. The number of piperidine rings is 1. The summed E-state index contributed by atoms with van der Waals surface area (Å²) in [7, 11) is 0.